The summed E-state index contributed by atoms with van der Waals surface area (Å²) in [6.07, 6.45) is 1.35. The molecule has 0 aliphatic rings. The number of fused-ring (bicyclic) bond motifs is 1. The first kappa shape index (κ1) is 23.6. The summed E-state index contributed by atoms with van der Waals surface area (Å²) in [5.41, 5.74) is 1.17. The van der Waals surface area contributed by atoms with Gasteiger partial charge in [0, 0.05) is 22.8 Å². The molecular formula is C28H19FN4O4. The van der Waals surface area contributed by atoms with Gasteiger partial charge in [-0.1, -0.05) is 60.7 Å². The van der Waals surface area contributed by atoms with E-state index in [1.165, 1.54) is 29.1 Å². The lowest BCUT2D eigenvalue weighted by molar-refractivity contribution is -0.386. The molecule has 0 fully saturated rings. The molecule has 0 aliphatic carbocycles. The highest BCUT2D eigenvalue weighted by atomic mass is 19.1. The van der Waals surface area contributed by atoms with Gasteiger partial charge in [-0.25, -0.2) is 9.37 Å². The molecule has 0 radical (unpaired) electrons. The summed E-state index contributed by atoms with van der Waals surface area (Å²) in [6, 6.07) is 26.4. The summed E-state index contributed by atoms with van der Waals surface area (Å²) in [7, 11) is 0. The van der Waals surface area contributed by atoms with Gasteiger partial charge in [0.25, 0.3) is 5.56 Å². The number of benzene rings is 4. The fraction of sp³-hybridized carbons (Fsp3) is 0.0357. The highest BCUT2D eigenvalue weighted by molar-refractivity contribution is 5.83. The standard InChI is InChI=1S/C28H19FN4O4/c29-23-12-6-4-10-21(23)18-37-26-15-14-19(16-25(26)33(35)36)17-30-32-27(20-8-2-1-3-9-20)31-24-13-7-5-11-22(24)28(32)34/h1-17H,18H2. The van der Waals surface area contributed by atoms with Crippen LogP contribution in [0.15, 0.2) is 107 Å². The van der Waals surface area contributed by atoms with Crippen molar-refractivity contribution in [2.75, 3.05) is 0 Å². The fourth-order valence-corrected chi connectivity index (χ4v) is 3.78. The Morgan fingerprint density at radius 1 is 0.973 bits per heavy atom. The number of nitrogens with zero attached hydrogens (tertiary/aromatic N) is 4. The van der Waals surface area contributed by atoms with Gasteiger partial charge in [-0.3, -0.25) is 14.9 Å². The Bertz CT molecular complexity index is 1700. The zero-order chi connectivity index (χ0) is 25.8. The van der Waals surface area contributed by atoms with E-state index in [-0.39, 0.29) is 29.2 Å². The number of rotatable bonds is 7. The summed E-state index contributed by atoms with van der Waals surface area (Å²) in [6.45, 7) is -0.167. The molecule has 182 valence electrons. The first-order valence-electron chi connectivity index (χ1n) is 11.3. The molecule has 0 amide bonds. The molecule has 0 spiro atoms. The Balaban J connectivity index is 1.51. The van der Waals surface area contributed by atoms with Crippen molar-refractivity contribution in [2.24, 2.45) is 5.10 Å². The maximum atomic E-state index is 13.9. The number of hydrogen-bond donors (Lipinski definition) is 0. The van der Waals surface area contributed by atoms with Crippen molar-refractivity contribution in [2.45, 2.75) is 6.61 Å². The van der Waals surface area contributed by atoms with Gasteiger partial charge in [0.2, 0.25) is 0 Å². The van der Waals surface area contributed by atoms with Gasteiger partial charge in [0.1, 0.15) is 12.4 Å². The Labute approximate surface area is 210 Å². The summed E-state index contributed by atoms with van der Waals surface area (Å²) in [5, 5.41) is 16.4. The van der Waals surface area contributed by atoms with Crippen molar-refractivity contribution < 1.29 is 14.1 Å². The van der Waals surface area contributed by atoms with Crippen LogP contribution >= 0.6 is 0 Å². The zero-order valence-corrected chi connectivity index (χ0v) is 19.3. The molecule has 0 bridgehead atoms. The number of nitro benzene ring substituents is 1. The number of aromatic nitrogens is 2. The lowest BCUT2D eigenvalue weighted by atomic mass is 10.2. The maximum Gasteiger partial charge on any atom is 0.311 e. The highest BCUT2D eigenvalue weighted by Gasteiger charge is 2.17. The van der Waals surface area contributed by atoms with E-state index in [1.807, 2.05) is 30.3 Å². The van der Waals surface area contributed by atoms with E-state index < -0.39 is 10.7 Å². The normalized spacial score (nSPS) is 11.2. The molecule has 1 heterocycles. The van der Waals surface area contributed by atoms with Gasteiger partial charge < -0.3 is 4.74 Å². The van der Waals surface area contributed by atoms with E-state index >= 15 is 0 Å². The first-order chi connectivity index (χ1) is 18.0. The number of ether oxygens (including phenoxy) is 1. The second kappa shape index (κ2) is 10.2. The van der Waals surface area contributed by atoms with Crippen LogP contribution in [0.1, 0.15) is 11.1 Å². The van der Waals surface area contributed by atoms with Gasteiger partial charge in [-0.15, -0.1) is 0 Å². The lowest BCUT2D eigenvalue weighted by Crippen LogP contribution is -2.20. The average Bonchev–Trinajstić information content (AvgIpc) is 2.92. The van der Waals surface area contributed by atoms with Crippen LogP contribution in [0.2, 0.25) is 0 Å². The summed E-state index contributed by atoms with van der Waals surface area (Å²) in [4.78, 5) is 29.0. The van der Waals surface area contributed by atoms with E-state index in [0.29, 0.717) is 27.9 Å². The fourth-order valence-electron chi connectivity index (χ4n) is 3.78. The van der Waals surface area contributed by atoms with Crippen LogP contribution < -0.4 is 10.3 Å². The van der Waals surface area contributed by atoms with E-state index in [0.717, 1.165) is 0 Å². The zero-order valence-electron chi connectivity index (χ0n) is 19.3. The van der Waals surface area contributed by atoms with Gasteiger partial charge in [0.15, 0.2) is 11.6 Å². The number of hydrogen-bond acceptors (Lipinski definition) is 6. The van der Waals surface area contributed by atoms with E-state index in [9.17, 15) is 19.3 Å². The molecule has 1 aromatic heterocycles. The summed E-state index contributed by atoms with van der Waals surface area (Å²) >= 11 is 0. The van der Waals surface area contributed by atoms with Crippen molar-refractivity contribution >= 4 is 22.8 Å². The van der Waals surface area contributed by atoms with Crippen LogP contribution in [-0.4, -0.2) is 20.8 Å². The highest BCUT2D eigenvalue weighted by Crippen LogP contribution is 2.29. The van der Waals surface area contributed by atoms with Crippen LogP contribution in [0, 0.1) is 15.9 Å². The third-order valence-corrected chi connectivity index (χ3v) is 5.63. The quantitative estimate of drug-likeness (QED) is 0.167. The molecule has 8 nitrogen and oxygen atoms in total. The predicted octanol–water partition coefficient (Wildman–Crippen LogP) is 5.57. The maximum absolute atomic E-state index is 13.9. The van der Waals surface area contributed by atoms with Crippen LogP contribution in [-0.2, 0) is 6.61 Å². The molecule has 0 N–H and O–H groups in total. The monoisotopic (exact) mass is 494 g/mol. The molecule has 0 unspecified atom stereocenters. The number of para-hydroxylation sites is 1. The van der Waals surface area contributed by atoms with Crippen molar-refractivity contribution in [3.05, 3.63) is 134 Å². The Morgan fingerprint density at radius 3 is 2.49 bits per heavy atom. The van der Waals surface area contributed by atoms with Gasteiger partial charge >= 0.3 is 5.69 Å². The van der Waals surface area contributed by atoms with Gasteiger partial charge in [0.05, 0.1) is 22.0 Å². The van der Waals surface area contributed by atoms with Crippen LogP contribution in [0.5, 0.6) is 5.75 Å². The minimum absolute atomic E-state index is 0.0140. The van der Waals surface area contributed by atoms with Crippen molar-refractivity contribution in [1.29, 1.82) is 0 Å². The molecule has 0 aliphatic heterocycles. The first-order valence-corrected chi connectivity index (χ1v) is 11.3. The molecule has 5 rings (SSSR count). The molecule has 9 heteroatoms. The summed E-state index contributed by atoms with van der Waals surface area (Å²) in [5.74, 6) is -0.141. The molecule has 5 aromatic rings. The largest absolute Gasteiger partial charge is 0.482 e. The van der Waals surface area contributed by atoms with Crippen molar-refractivity contribution in [3.8, 4) is 17.1 Å². The van der Waals surface area contributed by atoms with E-state index in [4.69, 9.17) is 4.74 Å². The van der Waals surface area contributed by atoms with Gasteiger partial charge in [-0.2, -0.15) is 9.78 Å². The third-order valence-electron chi connectivity index (χ3n) is 5.63. The van der Waals surface area contributed by atoms with E-state index in [2.05, 4.69) is 10.1 Å². The Hall–Kier alpha value is -5.18. The van der Waals surface area contributed by atoms with E-state index in [1.54, 1.807) is 48.5 Å². The van der Waals surface area contributed by atoms with Crippen LogP contribution in [0.4, 0.5) is 10.1 Å². The van der Waals surface area contributed by atoms with Crippen molar-refractivity contribution in [1.82, 2.24) is 9.66 Å². The molecular weight excluding hydrogens is 475 g/mol. The Kier molecular flexibility index (Phi) is 6.50. The predicted molar refractivity (Wildman–Crippen MR) is 138 cm³/mol. The second-order valence-electron chi connectivity index (χ2n) is 8.04. The Morgan fingerprint density at radius 2 is 1.70 bits per heavy atom. The van der Waals surface area contributed by atoms with Crippen molar-refractivity contribution in [3.63, 3.8) is 0 Å². The molecule has 0 atom stereocenters. The molecule has 0 saturated carbocycles. The van der Waals surface area contributed by atoms with Crippen LogP contribution in [0.3, 0.4) is 0 Å². The van der Waals surface area contributed by atoms with Crippen LogP contribution in [0.25, 0.3) is 22.3 Å². The average molecular weight is 494 g/mol. The number of nitro groups is 1. The minimum atomic E-state index is -0.590. The smallest absolute Gasteiger partial charge is 0.311 e. The second-order valence-corrected chi connectivity index (χ2v) is 8.04. The summed E-state index contributed by atoms with van der Waals surface area (Å²) < 4.78 is 20.6. The SMILES string of the molecule is O=c1c2ccccc2nc(-c2ccccc2)n1N=Cc1ccc(OCc2ccccc2F)c([N+](=O)[O-])c1. The molecule has 4 aromatic carbocycles. The number of halogens is 1. The lowest BCUT2D eigenvalue weighted by Gasteiger charge is -2.10. The molecule has 0 saturated heterocycles. The topological polar surface area (TPSA) is 99.6 Å². The third kappa shape index (κ3) is 4.96. The minimum Gasteiger partial charge on any atom is -0.482 e. The molecule has 37 heavy (non-hydrogen) atoms. The van der Waals surface area contributed by atoms with Gasteiger partial charge in [-0.05, 0) is 30.3 Å².